The fourth-order valence-electron chi connectivity index (χ4n) is 1.20. The quantitative estimate of drug-likeness (QED) is 0.571. The van der Waals surface area contributed by atoms with E-state index in [0.29, 0.717) is 18.7 Å². The van der Waals surface area contributed by atoms with Gasteiger partial charge in [-0.3, -0.25) is 9.59 Å². The Hall–Kier alpha value is -1.31. The molecule has 0 fully saturated rings. The molecule has 6 heteroatoms. The van der Waals surface area contributed by atoms with Crippen molar-refractivity contribution in [2.24, 2.45) is 0 Å². The van der Waals surface area contributed by atoms with Gasteiger partial charge in [-0.1, -0.05) is 0 Å². The number of carbonyl (C=O) groups excluding carboxylic acids is 1. The van der Waals surface area contributed by atoms with Crippen molar-refractivity contribution in [3.05, 3.63) is 27.8 Å². The number of ether oxygens (including phenoxy) is 1. The molecule has 0 unspecified atom stereocenters. The lowest BCUT2D eigenvalue weighted by Crippen LogP contribution is -2.29. The molecule has 0 aliphatic heterocycles. The molecular formula is C12H14INO4. The second kappa shape index (κ2) is 7.91. The number of rotatable bonds is 7. The Morgan fingerprint density at radius 3 is 2.56 bits per heavy atom. The van der Waals surface area contributed by atoms with Crippen molar-refractivity contribution in [3.8, 4) is 5.75 Å². The molecule has 0 saturated heterocycles. The lowest BCUT2D eigenvalue weighted by atomic mass is 10.3. The predicted octanol–water partition coefficient (Wildman–Crippen LogP) is 1.65. The number of carboxylic acid groups (broad SMARTS) is 1. The van der Waals surface area contributed by atoms with Gasteiger partial charge in [-0.15, -0.1) is 0 Å². The van der Waals surface area contributed by atoms with Crippen molar-refractivity contribution in [1.29, 1.82) is 0 Å². The van der Waals surface area contributed by atoms with Crippen LogP contribution in [0, 0.1) is 3.57 Å². The van der Waals surface area contributed by atoms with Crippen LogP contribution in [0.5, 0.6) is 5.75 Å². The summed E-state index contributed by atoms with van der Waals surface area (Å²) in [6, 6.07) is 7.36. The second-order valence-electron chi connectivity index (χ2n) is 3.59. The number of carbonyl (C=O) groups is 2. The highest BCUT2D eigenvalue weighted by molar-refractivity contribution is 14.1. The van der Waals surface area contributed by atoms with Crippen LogP contribution in [0.2, 0.25) is 0 Å². The normalized spacial score (nSPS) is 9.83. The van der Waals surface area contributed by atoms with Crippen LogP contribution in [-0.2, 0) is 9.59 Å². The molecule has 2 N–H and O–H groups in total. The molecule has 0 bridgehead atoms. The van der Waals surface area contributed by atoms with Gasteiger partial charge >= 0.3 is 5.97 Å². The van der Waals surface area contributed by atoms with Crippen LogP contribution < -0.4 is 10.1 Å². The predicted molar refractivity (Wildman–Crippen MR) is 74.5 cm³/mol. The van der Waals surface area contributed by atoms with Crippen LogP contribution in [0.1, 0.15) is 12.8 Å². The first kappa shape index (κ1) is 14.7. The van der Waals surface area contributed by atoms with Crippen LogP contribution >= 0.6 is 22.6 Å². The first-order chi connectivity index (χ1) is 8.58. The zero-order valence-electron chi connectivity index (χ0n) is 9.69. The number of halogens is 1. The number of nitrogens with one attached hydrogen (secondary N) is 1. The molecule has 1 rings (SSSR count). The smallest absolute Gasteiger partial charge is 0.303 e. The van der Waals surface area contributed by atoms with E-state index in [1.807, 2.05) is 12.1 Å². The highest BCUT2D eigenvalue weighted by atomic mass is 127. The average molecular weight is 363 g/mol. The van der Waals surface area contributed by atoms with Crippen LogP contribution in [0.15, 0.2) is 24.3 Å². The van der Waals surface area contributed by atoms with Gasteiger partial charge in [0.15, 0.2) is 6.61 Å². The SMILES string of the molecule is O=C(O)CCCNC(=O)COc1ccc(I)cc1. The second-order valence-corrected chi connectivity index (χ2v) is 4.84. The van der Waals surface area contributed by atoms with Gasteiger partial charge in [0, 0.05) is 16.5 Å². The maximum Gasteiger partial charge on any atom is 0.303 e. The number of hydrogen-bond acceptors (Lipinski definition) is 3. The van der Waals surface area contributed by atoms with Crippen molar-refractivity contribution in [1.82, 2.24) is 5.32 Å². The molecule has 1 aromatic rings. The van der Waals surface area contributed by atoms with Crippen molar-refractivity contribution < 1.29 is 19.4 Å². The maximum atomic E-state index is 11.3. The Labute approximate surface area is 119 Å². The Bertz CT molecular complexity index is 405. The largest absolute Gasteiger partial charge is 0.484 e. The van der Waals surface area contributed by atoms with Crippen molar-refractivity contribution >= 4 is 34.5 Å². The Morgan fingerprint density at radius 1 is 1.28 bits per heavy atom. The maximum absolute atomic E-state index is 11.3. The van der Waals surface area contributed by atoms with Crippen molar-refractivity contribution in [3.63, 3.8) is 0 Å². The molecule has 0 radical (unpaired) electrons. The molecular weight excluding hydrogens is 349 g/mol. The third-order valence-corrected chi connectivity index (χ3v) is 2.79. The summed E-state index contributed by atoms with van der Waals surface area (Å²) < 4.78 is 6.36. The van der Waals surface area contributed by atoms with Gasteiger partial charge in [-0.2, -0.15) is 0 Å². The molecule has 0 aliphatic carbocycles. The van der Waals surface area contributed by atoms with Gasteiger partial charge in [0.1, 0.15) is 5.75 Å². The summed E-state index contributed by atoms with van der Waals surface area (Å²) in [5.74, 6) is -0.477. The molecule has 5 nitrogen and oxygen atoms in total. The third-order valence-electron chi connectivity index (χ3n) is 2.07. The van der Waals surface area contributed by atoms with E-state index in [0.717, 1.165) is 3.57 Å². The minimum absolute atomic E-state index is 0.0538. The number of hydrogen-bond donors (Lipinski definition) is 2. The number of carboxylic acids is 1. The highest BCUT2D eigenvalue weighted by Gasteiger charge is 2.03. The molecule has 1 amide bonds. The molecule has 0 spiro atoms. The van der Waals surface area contributed by atoms with E-state index in [2.05, 4.69) is 27.9 Å². The summed E-state index contributed by atoms with van der Waals surface area (Å²) in [5.41, 5.74) is 0. The van der Waals surface area contributed by atoms with Gasteiger partial charge in [-0.05, 0) is 53.3 Å². The zero-order chi connectivity index (χ0) is 13.4. The number of benzene rings is 1. The molecule has 98 valence electrons. The summed E-state index contributed by atoms with van der Waals surface area (Å²) in [6.07, 6.45) is 0.475. The van der Waals surface area contributed by atoms with Crippen molar-refractivity contribution in [2.75, 3.05) is 13.2 Å². The van der Waals surface area contributed by atoms with E-state index in [-0.39, 0.29) is 18.9 Å². The minimum atomic E-state index is -0.862. The molecule has 1 aromatic carbocycles. The Morgan fingerprint density at radius 2 is 1.94 bits per heavy atom. The average Bonchev–Trinajstić information content (AvgIpc) is 2.34. The van der Waals surface area contributed by atoms with Gasteiger partial charge < -0.3 is 15.2 Å². The van der Waals surface area contributed by atoms with Crippen LogP contribution in [0.25, 0.3) is 0 Å². The van der Waals surface area contributed by atoms with E-state index in [9.17, 15) is 9.59 Å². The van der Waals surface area contributed by atoms with Gasteiger partial charge in [0.25, 0.3) is 5.91 Å². The third kappa shape index (κ3) is 6.43. The zero-order valence-corrected chi connectivity index (χ0v) is 11.8. The summed E-state index contributed by atoms with van der Waals surface area (Å²) in [6.45, 7) is 0.287. The van der Waals surface area contributed by atoms with E-state index in [4.69, 9.17) is 9.84 Å². The first-order valence-corrected chi connectivity index (χ1v) is 6.52. The topological polar surface area (TPSA) is 75.6 Å². The van der Waals surface area contributed by atoms with E-state index in [1.165, 1.54) is 0 Å². The summed E-state index contributed by atoms with van der Waals surface area (Å²) in [5, 5.41) is 11.0. The van der Waals surface area contributed by atoms with Gasteiger partial charge in [0.05, 0.1) is 0 Å². The fraction of sp³-hybridized carbons (Fsp3) is 0.333. The molecule has 0 heterocycles. The molecule has 0 aromatic heterocycles. The first-order valence-electron chi connectivity index (χ1n) is 5.45. The van der Waals surface area contributed by atoms with Crippen LogP contribution in [-0.4, -0.2) is 30.1 Å². The number of aliphatic carboxylic acids is 1. The van der Waals surface area contributed by atoms with E-state index < -0.39 is 5.97 Å². The van der Waals surface area contributed by atoms with E-state index in [1.54, 1.807) is 12.1 Å². The molecule has 0 aliphatic rings. The van der Waals surface area contributed by atoms with Crippen molar-refractivity contribution in [2.45, 2.75) is 12.8 Å². The summed E-state index contributed by atoms with van der Waals surface area (Å²) in [4.78, 5) is 21.6. The van der Waals surface area contributed by atoms with Crippen LogP contribution in [0.3, 0.4) is 0 Å². The minimum Gasteiger partial charge on any atom is -0.484 e. The standard InChI is InChI=1S/C12H14INO4/c13-9-3-5-10(6-4-9)18-8-11(15)14-7-1-2-12(16)17/h3-6H,1-2,7-8H2,(H,14,15)(H,16,17). The summed E-state index contributed by atoms with van der Waals surface area (Å²) in [7, 11) is 0. The lowest BCUT2D eigenvalue weighted by molar-refractivity contribution is -0.137. The monoisotopic (exact) mass is 363 g/mol. The lowest BCUT2D eigenvalue weighted by Gasteiger charge is -2.07. The molecule has 0 atom stereocenters. The Kier molecular flexibility index (Phi) is 6.48. The summed E-state index contributed by atoms with van der Waals surface area (Å²) >= 11 is 2.18. The van der Waals surface area contributed by atoms with E-state index >= 15 is 0 Å². The highest BCUT2D eigenvalue weighted by Crippen LogP contribution is 2.13. The number of amides is 1. The fourth-order valence-corrected chi connectivity index (χ4v) is 1.56. The van der Waals surface area contributed by atoms with Crippen LogP contribution in [0.4, 0.5) is 0 Å². The van der Waals surface area contributed by atoms with Gasteiger partial charge in [0.2, 0.25) is 0 Å². The molecule has 18 heavy (non-hydrogen) atoms. The molecule has 0 saturated carbocycles. The van der Waals surface area contributed by atoms with Gasteiger partial charge in [-0.25, -0.2) is 0 Å². The Balaban J connectivity index is 2.17.